The van der Waals surface area contributed by atoms with Crippen molar-refractivity contribution in [2.75, 3.05) is 5.32 Å². The minimum absolute atomic E-state index is 0.196. The summed E-state index contributed by atoms with van der Waals surface area (Å²) in [4.78, 5) is 24.8. The number of phenolic OH excluding ortho intramolecular Hbond substituents is 1. The Balaban J connectivity index is 1.63. The summed E-state index contributed by atoms with van der Waals surface area (Å²) in [6, 6.07) is 19.5. The van der Waals surface area contributed by atoms with Crippen LogP contribution in [-0.4, -0.2) is 23.1 Å². The van der Waals surface area contributed by atoms with Gasteiger partial charge < -0.3 is 15.2 Å². The molecule has 0 radical (unpaired) electrons. The molecule has 0 aliphatic carbocycles. The van der Waals surface area contributed by atoms with E-state index >= 15 is 0 Å². The van der Waals surface area contributed by atoms with E-state index in [9.17, 15) is 14.7 Å². The van der Waals surface area contributed by atoms with Crippen molar-refractivity contribution >= 4 is 17.6 Å². The number of aryl methyl sites for hydroxylation is 2. The number of esters is 1. The molecular formula is C24H23NO4. The molecule has 0 aliphatic rings. The number of phenols is 1. The Morgan fingerprint density at radius 3 is 2.10 bits per heavy atom. The Labute approximate surface area is 170 Å². The van der Waals surface area contributed by atoms with Gasteiger partial charge in [-0.3, -0.25) is 4.79 Å². The Morgan fingerprint density at radius 1 is 0.897 bits per heavy atom. The van der Waals surface area contributed by atoms with E-state index in [2.05, 4.69) is 5.32 Å². The number of benzene rings is 3. The number of rotatable bonds is 5. The SMILES string of the molecule is Cc1ccc(C)c(NC(=O)[C@H](C)OC(=O)c2ccc(-c3ccc(O)cc3)cc2)c1. The Bertz CT molecular complexity index is 1020. The predicted octanol–water partition coefficient (Wildman–Crippen LogP) is 4.86. The van der Waals surface area contributed by atoms with Crippen LogP contribution in [0.1, 0.15) is 28.4 Å². The van der Waals surface area contributed by atoms with Crippen molar-refractivity contribution in [1.29, 1.82) is 0 Å². The van der Waals surface area contributed by atoms with E-state index < -0.39 is 12.1 Å². The van der Waals surface area contributed by atoms with E-state index in [1.54, 1.807) is 55.5 Å². The standard InChI is InChI=1S/C24H23NO4/c1-15-4-5-16(2)22(14-15)25-23(27)17(3)29-24(28)20-8-6-18(7-9-20)19-10-12-21(26)13-11-19/h4-14,17,26H,1-3H3,(H,25,27)/t17-/m0/s1. The van der Waals surface area contributed by atoms with E-state index in [0.717, 1.165) is 22.3 Å². The lowest BCUT2D eigenvalue weighted by Gasteiger charge is -2.15. The van der Waals surface area contributed by atoms with Crippen molar-refractivity contribution < 1.29 is 19.4 Å². The molecule has 0 heterocycles. The van der Waals surface area contributed by atoms with E-state index in [4.69, 9.17) is 4.74 Å². The second-order valence-corrected chi connectivity index (χ2v) is 6.98. The summed E-state index contributed by atoms with van der Waals surface area (Å²) in [7, 11) is 0. The molecule has 3 aromatic carbocycles. The molecule has 3 aromatic rings. The summed E-state index contributed by atoms with van der Waals surface area (Å²) in [5.74, 6) is -0.749. The average Bonchev–Trinajstić information content (AvgIpc) is 2.71. The van der Waals surface area contributed by atoms with Crippen LogP contribution in [0.3, 0.4) is 0 Å². The molecule has 0 saturated heterocycles. The van der Waals surface area contributed by atoms with E-state index in [0.29, 0.717) is 11.3 Å². The normalized spacial score (nSPS) is 11.6. The van der Waals surface area contributed by atoms with Gasteiger partial charge in [-0.05, 0) is 73.4 Å². The summed E-state index contributed by atoms with van der Waals surface area (Å²) in [6.07, 6.45) is -0.931. The molecular weight excluding hydrogens is 366 g/mol. The number of hydrogen-bond acceptors (Lipinski definition) is 4. The van der Waals surface area contributed by atoms with Crippen molar-refractivity contribution in [3.8, 4) is 16.9 Å². The van der Waals surface area contributed by atoms with Crippen LogP contribution in [0.5, 0.6) is 5.75 Å². The number of ether oxygens (including phenoxy) is 1. The Kier molecular flexibility index (Phi) is 5.98. The Hall–Kier alpha value is -3.60. The first kappa shape index (κ1) is 20.1. The molecule has 0 unspecified atom stereocenters. The lowest BCUT2D eigenvalue weighted by molar-refractivity contribution is -0.123. The minimum Gasteiger partial charge on any atom is -0.508 e. The van der Waals surface area contributed by atoms with Crippen LogP contribution in [-0.2, 0) is 9.53 Å². The smallest absolute Gasteiger partial charge is 0.338 e. The zero-order chi connectivity index (χ0) is 21.0. The van der Waals surface area contributed by atoms with Crippen LogP contribution in [0.25, 0.3) is 11.1 Å². The number of carbonyl (C=O) groups excluding carboxylic acids is 2. The molecule has 1 atom stereocenters. The largest absolute Gasteiger partial charge is 0.508 e. The highest BCUT2D eigenvalue weighted by molar-refractivity contribution is 5.98. The average molecular weight is 389 g/mol. The second kappa shape index (κ2) is 8.61. The third kappa shape index (κ3) is 5.02. The first-order valence-corrected chi connectivity index (χ1v) is 9.32. The van der Waals surface area contributed by atoms with E-state index in [1.165, 1.54) is 0 Å². The number of nitrogens with one attached hydrogen (secondary N) is 1. The lowest BCUT2D eigenvalue weighted by atomic mass is 10.0. The van der Waals surface area contributed by atoms with Gasteiger partial charge in [0, 0.05) is 5.69 Å². The third-order valence-corrected chi connectivity index (χ3v) is 4.63. The minimum atomic E-state index is -0.931. The predicted molar refractivity (Wildman–Crippen MR) is 113 cm³/mol. The maximum atomic E-state index is 12.4. The molecule has 1 amide bonds. The van der Waals surface area contributed by atoms with Gasteiger partial charge in [0.1, 0.15) is 5.75 Å². The summed E-state index contributed by atoms with van der Waals surface area (Å²) in [5, 5.41) is 12.2. The van der Waals surface area contributed by atoms with Gasteiger partial charge in [0.05, 0.1) is 5.56 Å². The molecule has 0 bridgehead atoms. The fraction of sp³-hybridized carbons (Fsp3) is 0.167. The topological polar surface area (TPSA) is 75.6 Å². The fourth-order valence-electron chi connectivity index (χ4n) is 2.84. The van der Waals surface area contributed by atoms with Gasteiger partial charge in [-0.2, -0.15) is 0 Å². The lowest BCUT2D eigenvalue weighted by Crippen LogP contribution is -2.30. The van der Waals surface area contributed by atoms with Crippen molar-refractivity contribution in [2.24, 2.45) is 0 Å². The highest BCUT2D eigenvalue weighted by Gasteiger charge is 2.19. The molecule has 29 heavy (non-hydrogen) atoms. The first-order valence-electron chi connectivity index (χ1n) is 9.32. The molecule has 2 N–H and O–H groups in total. The van der Waals surface area contributed by atoms with Gasteiger partial charge >= 0.3 is 5.97 Å². The molecule has 0 aliphatic heterocycles. The van der Waals surface area contributed by atoms with Crippen molar-refractivity contribution in [1.82, 2.24) is 0 Å². The van der Waals surface area contributed by atoms with E-state index in [-0.39, 0.29) is 11.7 Å². The molecule has 0 saturated carbocycles. The van der Waals surface area contributed by atoms with Gasteiger partial charge in [0.15, 0.2) is 6.10 Å². The number of hydrogen-bond donors (Lipinski definition) is 2. The quantitative estimate of drug-likeness (QED) is 0.611. The number of aromatic hydroxyl groups is 1. The highest BCUT2D eigenvalue weighted by Crippen LogP contribution is 2.23. The first-order chi connectivity index (χ1) is 13.8. The molecule has 5 heteroatoms. The highest BCUT2D eigenvalue weighted by atomic mass is 16.5. The zero-order valence-electron chi connectivity index (χ0n) is 16.6. The summed E-state index contributed by atoms with van der Waals surface area (Å²) in [6.45, 7) is 5.39. The molecule has 0 aromatic heterocycles. The second-order valence-electron chi connectivity index (χ2n) is 6.98. The van der Waals surface area contributed by atoms with E-state index in [1.807, 2.05) is 32.0 Å². The number of amides is 1. The van der Waals surface area contributed by atoms with Crippen LogP contribution in [0.2, 0.25) is 0 Å². The molecule has 148 valence electrons. The maximum Gasteiger partial charge on any atom is 0.338 e. The van der Waals surface area contributed by atoms with Crippen molar-refractivity contribution in [2.45, 2.75) is 26.9 Å². The summed E-state index contributed by atoms with van der Waals surface area (Å²) < 4.78 is 5.32. The molecule has 5 nitrogen and oxygen atoms in total. The van der Waals surface area contributed by atoms with Gasteiger partial charge in [-0.15, -0.1) is 0 Å². The van der Waals surface area contributed by atoms with Gasteiger partial charge in [0.25, 0.3) is 5.91 Å². The van der Waals surface area contributed by atoms with Crippen LogP contribution >= 0.6 is 0 Å². The van der Waals surface area contributed by atoms with Crippen molar-refractivity contribution in [3.05, 3.63) is 83.4 Å². The van der Waals surface area contributed by atoms with Crippen LogP contribution in [0.15, 0.2) is 66.7 Å². The number of anilines is 1. The van der Waals surface area contributed by atoms with Crippen molar-refractivity contribution in [3.63, 3.8) is 0 Å². The van der Waals surface area contributed by atoms with Crippen LogP contribution in [0, 0.1) is 13.8 Å². The maximum absolute atomic E-state index is 12.4. The van der Waals surface area contributed by atoms with Crippen LogP contribution in [0.4, 0.5) is 5.69 Å². The molecule has 0 spiro atoms. The molecule has 0 fully saturated rings. The van der Waals surface area contributed by atoms with Gasteiger partial charge in [-0.1, -0.05) is 36.4 Å². The summed E-state index contributed by atoms with van der Waals surface area (Å²) in [5.41, 5.74) is 4.86. The summed E-state index contributed by atoms with van der Waals surface area (Å²) >= 11 is 0. The molecule has 3 rings (SSSR count). The third-order valence-electron chi connectivity index (χ3n) is 4.63. The zero-order valence-corrected chi connectivity index (χ0v) is 16.6. The Morgan fingerprint density at radius 2 is 1.48 bits per heavy atom. The van der Waals surface area contributed by atoms with Crippen LogP contribution < -0.4 is 5.32 Å². The van der Waals surface area contributed by atoms with Gasteiger partial charge in [-0.25, -0.2) is 4.79 Å². The monoisotopic (exact) mass is 389 g/mol. The fourth-order valence-corrected chi connectivity index (χ4v) is 2.84. The number of carbonyl (C=O) groups is 2. The van der Waals surface area contributed by atoms with Gasteiger partial charge in [0.2, 0.25) is 0 Å².